The van der Waals surface area contributed by atoms with Crippen LogP contribution in [0.2, 0.25) is 0 Å². The van der Waals surface area contributed by atoms with Gasteiger partial charge in [-0.05, 0) is 67.7 Å². The zero-order valence-electron chi connectivity index (χ0n) is 14.7. The lowest BCUT2D eigenvalue weighted by Crippen LogP contribution is -2.56. The molecule has 3 aliphatic rings. The molecule has 4 rings (SSSR count). The van der Waals surface area contributed by atoms with Gasteiger partial charge in [-0.2, -0.15) is 0 Å². The lowest BCUT2D eigenvalue weighted by Gasteiger charge is -2.55. The van der Waals surface area contributed by atoms with E-state index in [0.29, 0.717) is 24.0 Å². The number of hydrogen-bond acceptors (Lipinski definition) is 4. The fourth-order valence-corrected chi connectivity index (χ4v) is 6.06. The number of aliphatic hydroxyl groups is 2. The van der Waals surface area contributed by atoms with Crippen molar-refractivity contribution in [1.29, 1.82) is 0 Å². The molecule has 3 N–H and O–H groups in total. The highest BCUT2D eigenvalue weighted by Crippen LogP contribution is 2.64. The molecule has 0 radical (unpaired) electrons. The van der Waals surface area contributed by atoms with Crippen LogP contribution in [0.4, 0.5) is 0 Å². The van der Waals surface area contributed by atoms with Crippen molar-refractivity contribution < 1.29 is 20.1 Å². The third-order valence-electron chi connectivity index (χ3n) is 7.64. The van der Waals surface area contributed by atoms with Crippen LogP contribution < -0.4 is 0 Å². The van der Waals surface area contributed by atoms with Crippen LogP contribution in [0, 0.1) is 17.3 Å². The maximum absolute atomic E-state index is 11.0. The van der Waals surface area contributed by atoms with Crippen molar-refractivity contribution in [1.82, 2.24) is 0 Å². The second-order valence-corrected chi connectivity index (χ2v) is 8.51. The van der Waals surface area contributed by atoms with Gasteiger partial charge in [-0.3, -0.25) is 0 Å². The summed E-state index contributed by atoms with van der Waals surface area (Å²) < 4.78 is 5.89. The molecule has 0 bridgehead atoms. The second-order valence-electron chi connectivity index (χ2n) is 8.51. The Morgan fingerprint density at radius 2 is 2.00 bits per heavy atom. The Kier molecular flexibility index (Phi) is 3.55. The number of fused-ring (bicyclic) bond motifs is 5. The SMILES string of the molecule is CO[C@H]1C[C@@]2(C)C(C[C@@H](O)[C@]2(C)O)C2CCc3cc(O)ccc3C21. The molecule has 2 saturated carbocycles. The van der Waals surface area contributed by atoms with Gasteiger partial charge in [0.1, 0.15) is 5.75 Å². The first kappa shape index (κ1) is 16.4. The van der Waals surface area contributed by atoms with Crippen molar-refractivity contribution in [2.75, 3.05) is 7.11 Å². The molecule has 4 heteroatoms. The third kappa shape index (κ3) is 1.97. The van der Waals surface area contributed by atoms with Crippen molar-refractivity contribution in [3.05, 3.63) is 29.3 Å². The number of aliphatic hydroxyl groups excluding tert-OH is 1. The molecular formula is C20H28O4. The van der Waals surface area contributed by atoms with Gasteiger partial charge < -0.3 is 20.1 Å². The summed E-state index contributed by atoms with van der Waals surface area (Å²) in [7, 11) is 1.75. The summed E-state index contributed by atoms with van der Waals surface area (Å²) in [6.45, 7) is 3.92. The molecule has 4 nitrogen and oxygen atoms in total. The van der Waals surface area contributed by atoms with Crippen LogP contribution in [0.15, 0.2) is 18.2 Å². The molecule has 3 aliphatic carbocycles. The summed E-state index contributed by atoms with van der Waals surface area (Å²) in [6, 6.07) is 5.69. The van der Waals surface area contributed by atoms with Crippen molar-refractivity contribution in [2.45, 2.75) is 63.3 Å². The van der Waals surface area contributed by atoms with E-state index in [-0.39, 0.29) is 17.4 Å². The van der Waals surface area contributed by atoms with Crippen LogP contribution in [0.1, 0.15) is 50.2 Å². The predicted molar refractivity (Wildman–Crippen MR) is 90.9 cm³/mol. The van der Waals surface area contributed by atoms with Crippen LogP contribution >= 0.6 is 0 Å². The van der Waals surface area contributed by atoms with Crippen molar-refractivity contribution >= 4 is 0 Å². The normalized spacial score (nSPS) is 47.0. The lowest BCUT2D eigenvalue weighted by molar-refractivity contribution is -0.155. The first-order valence-corrected chi connectivity index (χ1v) is 9.04. The highest BCUT2D eigenvalue weighted by molar-refractivity contribution is 5.41. The van der Waals surface area contributed by atoms with Gasteiger partial charge in [-0.25, -0.2) is 0 Å². The number of phenols is 1. The summed E-state index contributed by atoms with van der Waals surface area (Å²) >= 11 is 0. The molecule has 0 aliphatic heterocycles. The molecule has 2 fully saturated rings. The van der Waals surface area contributed by atoms with Gasteiger partial charge in [0.05, 0.1) is 17.8 Å². The molecule has 0 saturated heterocycles. The molecule has 0 aromatic heterocycles. The molecular weight excluding hydrogens is 304 g/mol. The van der Waals surface area contributed by atoms with Gasteiger partial charge in [-0.1, -0.05) is 13.0 Å². The third-order valence-corrected chi connectivity index (χ3v) is 7.64. The number of aryl methyl sites for hydroxylation is 1. The molecule has 0 heterocycles. The minimum absolute atomic E-state index is 0.0246. The highest BCUT2D eigenvalue weighted by atomic mass is 16.5. The van der Waals surface area contributed by atoms with Gasteiger partial charge in [0.15, 0.2) is 0 Å². The van der Waals surface area contributed by atoms with E-state index >= 15 is 0 Å². The van der Waals surface area contributed by atoms with Crippen molar-refractivity contribution in [3.8, 4) is 5.75 Å². The number of benzene rings is 1. The van der Waals surface area contributed by atoms with Crippen LogP contribution in [-0.2, 0) is 11.2 Å². The Labute approximate surface area is 143 Å². The summed E-state index contributed by atoms with van der Waals surface area (Å²) in [6.07, 6.45) is 2.71. The topological polar surface area (TPSA) is 69.9 Å². The van der Waals surface area contributed by atoms with E-state index in [4.69, 9.17) is 4.74 Å². The van der Waals surface area contributed by atoms with Crippen molar-refractivity contribution in [2.24, 2.45) is 17.3 Å². The first-order chi connectivity index (χ1) is 11.3. The van der Waals surface area contributed by atoms with E-state index in [1.165, 1.54) is 11.1 Å². The summed E-state index contributed by atoms with van der Waals surface area (Å²) in [5.74, 6) is 1.29. The Bertz CT molecular complexity index is 655. The first-order valence-electron chi connectivity index (χ1n) is 9.04. The van der Waals surface area contributed by atoms with Crippen LogP contribution in [0.5, 0.6) is 5.75 Å². The predicted octanol–water partition coefficient (Wildman–Crippen LogP) is 2.60. The van der Waals surface area contributed by atoms with Crippen LogP contribution in [0.25, 0.3) is 0 Å². The smallest absolute Gasteiger partial charge is 0.115 e. The number of ether oxygens (including phenoxy) is 1. The van der Waals surface area contributed by atoms with E-state index in [0.717, 1.165) is 19.3 Å². The lowest BCUT2D eigenvalue weighted by atomic mass is 9.52. The number of rotatable bonds is 1. The molecule has 1 aromatic carbocycles. The average Bonchev–Trinajstić information content (AvgIpc) is 2.73. The molecule has 0 spiro atoms. The Hall–Kier alpha value is -1.10. The maximum Gasteiger partial charge on any atom is 0.115 e. The van der Waals surface area contributed by atoms with Gasteiger partial charge in [0.25, 0.3) is 0 Å². The zero-order valence-corrected chi connectivity index (χ0v) is 14.7. The minimum atomic E-state index is -1.07. The van der Waals surface area contributed by atoms with E-state index in [9.17, 15) is 15.3 Å². The summed E-state index contributed by atoms with van der Waals surface area (Å²) in [4.78, 5) is 0. The molecule has 0 amide bonds. The Balaban J connectivity index is 1.80. The highest BCUT2D eigenvalue weighted by Gasteiger charge is 2.65. The summed E-state index contributed by atoms with van der Waals surface area (Å²) in [5, 5.41) is 31.3. The molecule has 7 atom stereocenters. The number of hydrogen-bond donors (Lipinski definition) is 3. The number of phenolic OH excluding ortho intramolecular Hbond substituents is 1. The van der Waals surface area contributed by atoms with Crippen molar-refractivity contribution in [3.63, 3.8) is 0 Å². The zero-order chi connectivity index (χ0) is 17.3. The van der Waals surface area contributed by atoms with E-state index in [2.05, 4.69) is 6.92 Å². The summed E-state index contributed by atoms with van der Waals surface area (Å²) in [5.41, 5.74) is 1.09. The van der Waals surface area contributed by atoms with E-state index < -0.39 is 11.7 Å². The second kappa shape index (κ2) is 5.20. The largest absolute Gasteiger partial charge is 0.508 e. The van der Waals surface area contributed by atoms with E-state index in [1.807, 2.05) is 12.1 Å². The van der Waals surface area contributed by atoms with Gasteiger partial charge in [-0.15, -0.1) is 0 Å². The average molecular weight is 332 g/mol. The number of aromatic hydroxyl groups is 1. The minimum Gasteiger partial charge on any atom is -0.508 e. The van der Waals surface area contributed by atoms with Gasteiger partial charge in [0.2, 0.25) is 0 Å². The fraction of sp³-hybridized carbons (Fsp3) is 0.700. The molecule has 1 aromatic rings. The van der Waals surface area contributed by atoms with Gasteiger partial charge in [0, 0.05) is 18.4 Å². The molecule has 24 heavy (non-hydrogen) atoms. The van der Waals surface area contributed by atoms with Gasteiger partial charge >= 0.3 is 0 Å². The standard InChI is InChI=1S/C20H28O4/c1-19-10-16(24-3)18-13-7-5-12(21)8-11(13)4-6-14(18)15(19)9-17(22)20(19,2)23/h5,7-8,14-18,21-23H,4,6,9-10H2,1-3H3/t14?,15?,16-,17+,18?,19-,20-/m0/s1. The fourth-order valence-electron chi connectivity index (χ4n) is 6.06. The number of methoxy groups -OCH3 is 1. The Morgan fingerprint density at radius 3 is 2.71 bits per heavy atom. The quantitative estimate of drug-likeness (QED) is 0.739. The van der Waals surface area contributed by atoms with E-state index in [1.54, 1.807) is 20.1 Å². The monoisotopic (exact) mass is 332 g/mol. The van der Waals surface area contributed by atoms with Crippen LogP contribution in [0.3, 0.4) is 0 Å². The van der Waals surface area contributed by atoms with Crippen LogP contribution in [-0.4, -0.2) is 40.2 Å². The molecule has 3 unspecified atom stereocenters. The molecule has 132 valence electrons. The maximum atomic E-state index is 11.0. The Morgan fingerprint density at radius 1 is 1.25 bits per heavy atom.